The van der Waals surface area contributed by atoms with Crippen LogP contribution in [0.1, 0.15) is 46.5 Å². The summed E-state index contributed by atoms with van der Waals surface area (Å²) in [5.74, 6) is 0.666. The number of halogens is 3. The van der Waals surface area contributed by atoms with Gasteiger partial charge in [0, 0.05) is 11.8 Å². The molecule has 1 aromatic carbocycles. The highest BCUT2D eigenvalue weighted by molar-refractivity contribution is 6.43. The lowest BCUT2D eigenvalue weighted by molar-refractivity contribution is -0.123. The summed E-state index contributed by atoms with van der Waals surface area (Å²) in [4.78, 5) is 11.9. The minimum absolute atomic E-state index is 0.195. The van der Waals surface area contributed by atoms with E-state index in [4.69, 9.17) is 39.5 Å². The second-order valence-electron chi connectivity index (χ2n) is 7.34. The summed E-state index contributed by atoms with van der Waals surface area (Å²) in [5.41, 5.74) is 3.89. The molecule has 0 aromatic heterocycles. The summed E-state index contributed by atoms with van der Waals surface area (Å²) >= 11 is 17.8. The lowest BCUT2D eigenvalue weighted by Crippen LogP contribution is -2.29. The van der Waals surface area contributed by atoms with Crippen LogP contribution >= 0.6 is 34.8 Å². The molecule has 0 atom stereocenters. The number of hydrogen-bond donors (Lipinski definition) is 1. The highest BCUT2D eigenvalue weighted by Gasteiger charge is 2.28. The molecule has 1 aliphatic carbocycles. The molecule has 0 heterocycles. The molecule has 1 N–H and O–H groups in total. The van der Waals surface area contributed by atoms with Crippen molar-refractivity contribution >= 4 is 46.4 Å². The molecule has 4 nitrogen and oxygen atoms in total. The summed E-state index contributed by atoms with van der Waals surface area (Å²) in [6, 6.07) is 2.96. The molecular weight excluding hydrogens is 383 g/mol. The van der Waals surface area contributed by atoms with Crippen LogP contribution in [-0.4, -0.2) is 18.2 Å². The highest BCUT2D eigenvalue weighted by Crippen LogP contribution is 2.37. The first-order valence-electron chi connectivity index (χ1n) is 8.28. The van der Waals surface area contributed by atoms with Gasteiger partial charge in [0.2, 0.25) is 0 Å². The fourth-order valence-corrected chi connectivity index (χ4v) is 3.45. The number of hydrogen-bond acceptors (Lipinski definition) is 3. The zero-order valence-corrected chi connectivity index (χ0v) is 16.9. The van der Waals surface area contributed by atoms with Crippen molar-refractivity contribution in [1.29, 1.82) is 0 Å². The minimum Gasteiger partial charge on any atom is -0.482 e. The summed E-state index contributed by atoms with van der Waals surface area (Å²) in [6.45, 7) is 6.62. The first-order chi connectivity index (χ1) is 11.7. The first kappa shape index (κ1) is 20.3. The topological polar surface area (TPSA) is 50.7 Å². The Morgan fingerprint density at radius 2 is 1.76 bits per heavy atom. The van der Waals surface area contributed by atoms with Gasteiger partial charge in [0.15, 0.2) is 6.61 Å². The van der Waals surface area contributed by atoms with Gasteiger partial charge < -0.3 is 4.74 Å². The van der Waals surface area contributed by atoms with Crippen LogP contribution in [0.25, 0.3) is 0 Å². The number of hydrazone groups is 1. The maximum atomic E-state index is 11.9. The molecule has 0 bridgehead atoms. The lowest BCUT2D eigenvalue weighted by atomic mass is 9.72. The van der Waals surface area contributed by atoms with Crippen LogP contribution in [0.3, 0.4) is 0 Å². The van der Waals surface area contributed by atoms with E-state index in [0.29, 0.717) is 32.2 Å². The van der Waals surface area contributed by atoms with Gasteiger partial charge in [-0.05, 0) is 43.1 Å². The van der Waals surface area contributed by atoms with Crippen molar-refractivity contribution in [3.05, 3.63) is 27.2 Å². The van der Waals surface area contributed by atoms with E-state index >= 15 is 0 Å². The van der Waals surface area contributed by atoms with Crippen LogP contribution in [0.5, 0.6) is 5.75 Å². The zero-order valence-electron chi connectivity index (χ0n) is 14.7. The molecule has 2 rings (SSSR count). The van der Waals surface area contributed by atoms with Crippen molar-refractivity contribution in [2.24, 2.45) is 16.4 Å². The first-order valence-corrected chi connectivity index (χ1v) is 9.42. The molecule has 1 saturated carbocycles. The molecule has 0 aliphatic heterocycles. The Bertz CT molecular complexity index is 659. The van der Waals surface area contributed by atoms with Crippen LogP contribution in [-0.2, 0) is 4.79 Å². The van der Waals surface area contributed by atoms with Crippen molar-refractivity contribution in [3.63, 3.8) is 0 Å². The number of nitrogens with zero attached hydrogens (tertiary/aromatic N) is 1. The van der Waals surface area contributed by atoms with Crippen LogP contribution in [0.15, 0.2) is 17.2 Å². The third-order valence-electron chi connectivity index (χ3n) is 4.46. The Morgan fingerprint density at radius 3 is 2.36 bits per heavy atom. The number of rotatable bonds is 4. The average molecular weight is 406 g/mol. The predicted octanol–water partition coefficient (Wildman–Crippen LogP) is 5.73. The molecular formula is C18H23Cl3N2O2. The van der Waals surface area contributed by atoms with E-state index in [1.54, 1.807) is 0 Å². The minimum atomic E-state index is -0.340. The highest BCUT2D eigenvalue weighted by atomic mass is 35.5. The zero-order chi connectivity index (χ0) is 18.6. The van der Waals surface area contributed by atoms with Gasteiger partial charge in [-0.15, -0.1) is 0 Å². The number of nitrogens with one attached hydrogen (secondary N) is 1. The molecule has 0 unspecified atom stereocenters. The molecule has 1 amide bonds. The van der Waals surface area contributed by atoms with Gasteiger partial charge in [0.05, 0.1) is 15.1 Å². The number of carbonyl (C=O) groups excluding carboxylic acids is 1. The summed E-state index contributed by atoms with van der Waals surface area (Å²) < 4.78 is 5.38. The standard InChI is InChI=1S/C18H23Cl3N2O2/c1-18(2,3)11-4-6-12(7-5-11)22-23-17(24)10-25-16-9-14(20)13(19)8-15(16)21/h8-9,11H,4-7,10H2,1-3H3,(H,23,24). The van der Waals surface area contributed by atoms with Crippen LogP contribution in [0.2, 0.25) is 15.1 Å². The maximum Gasteiger partial charge on any atom is 0.277 e. The normalized spacial score (nSPS) is 18.0. The Morgan fingerprint density at radius 1 is 1.16 bits per heavy atom. The number of benzene rings is 1. The van der Waals surface area contributed by atoms with Gasteiger partial charge in [-0.25, -0.2) is 5.43 Å². The number of carbonyl (C=O) groups is 1. The van der Waals surface area contributed by atoms with Gasteiger partial charge in [-0.3, -0.25) is 4.79 Å². The third-order valence-corrected chi connectivity index (χ3v) is 5.48. The Balaban J connectivity index is 1.81. The van der Waals surface area contributed by atoms with Gasteiger partial charge in [-0.1, -0.05) is 55.6 Å². The Kier molecular flexibility index (Phi) is 7.01. The van der Waals surface area contributed by atoms with Crippen LogP contribution < -0.4 is 10.2 Å². The van der Waals surface area contributed by atoms with E-state index < -0.39 is 0 Å². The van der Waals surface area contributed by atoms with Gasteiger partial charge in [0.25, 0.3) is 5.91 Å². The summed E-state index contributed by atoms with van der Waals surface area (Å²) in [6.07, 6.45) is 4.05. The van der Waals surface area contributed by atoms with Gasteiger partial charge in [0.1, 0.15) is 5.75 Å². The van der Waals surface area contributed by atoms with Gasteiger partial charge in [-0.2, -0.15) is 5.10 Å². The van der Waals surface area contributed by atoms with E-state index in [0.717, 1.165) is 31.4 Å². The fraction of sp³-hybridized carbons (Fsp3) is 0.556. The largest absolute Gasteiger partial charge is 0.482 e. The third kappa shape index (κ3) is 6.05. The smallest absolute Gasteiger partial charge is 0.277 e. The van der Waals surface area contributed by atoms with Crippen LogP contribution in [0, 0.1) is 11.3 Å². The van der Waals surface area contributed by atoms with Crippen molar-refractivity contribution in [2.75, 3.05) is 6.61 Å². The monoisotopic (exact) mass is 404 g/mol. The van der Waals surface area contributed by atoms with Crippen molar-refractivity contribution in [1.82, 2.24) is 5.43 Å². The molecule has 0 saturated heterocycles. The predicted molar refractivity (Wildman–Crippen MR) is 104 cm³/mol. The number of ether oxygens (including phenoxy) is 1. The molecule has 0 spiro atoms. The second kappa shape index (κ2) is 8.61. The number of amides is 1. The van der Waals surface area contributed by atoms with E-state index in [1.807, 2.05) is 0 Å². The van der Waals surface area contributed by atoms with E-state index in [2.05, 4.69) is 31.3 Å². The SMILES string of the molecule is CC(C)(C)C1CCC(=NNC(=O)COc2cc(Cl)c(Cl)cc2Cl)CC1. The fourth-order valence-electron chi connectivity index (χ4n) is 2.86. The van der Waals surface area contributed by atoms with Crippen molar-refractivity contribution in [2.45, 2.75) is 46.5 Å². The quantitative estimate of drug-likeness (QED) is 0.513. The van der Waals surface area contributed by atoms with Crippen molar-refractivity contribution in [3.8, 4) is 5.75 Å². The van der Waals surface area contributed by atoms with E-state index in [9.17, 15) is 4.79 Å². The molecule has 1 aliphatic rings. The summed E-state index contributed by atoms with van der Waals surface area (Å²) in [7, 11) is 0. The van der Waals surface area contributed by atoms with Crippen molar-refractivity contribution < 1.29 is 9.53 Å². The molecule has 0 radical (unpaired) electrons. The Labute approximate surface area is 163 Å². The van der Waals surface area contributed by atoms with E-state index in [-0.39, 0.29) is 12.5 Å². The molecule has 1 fully saturated rings. The maximum absolute atomic E-state index is 11.9. The lowest BCUT2D eigenvalue weighted by Gasteiger charge is -2.34. The van der Waals surface area contributed by atoms with E-state index in [1.165, 1.54) is 12.1 Å². The average Bonchev–Trinajstić information content (AvgIpc) is 2.54. The molecule has 1 aromatic rings. The Hall–Kier alpha value is -0.970. The molecule has 25 heavy (non-hydrogen) atoms. The molecule has 138 valence electrons. The second-order valence-corrected chi connectivity index (χ2v) is 8.56. The molecule has 7 heteroatoms. The van der Waals surface area contributed by atoms with Crippen LogP contribution in [0.4, 0.5) is 0 Å². The van der Waals surface area contributed by atoms with Gasteiger partial charge >= 0.3 is 0 Å². The summed E-state index contributed by atoms with van der Waals surface area (Å²) in [5, 5.41) is 5.17.